The van der Waals surface area contributed by atoms with Crippen molar-refractivity contribution in [3.05, 3.63) is 54.6 Å². The summed E-state index contributed by atoms with van der Waals surface area (Å²) in [6.45, 7) is 2.67. The molecule has 1 aliphatic rings. The van der Waals surface area contributed by atoms with Crippen molar-refractivity contribution in [2.75, 3.05) is 13.1 Å². The van der Waals surface area contributed by atoms with Gasteiger partial charge in [0.2, 0.25) is 0 Å². The first-order valence-corrected chi connectivity index (χ1v) is 8.88. The number of carbonyl (C=O) groups excluding carboxylic acids is 1. The first kappa shape index (κ1) is 18.0. The summed E-state index contributed by atoms with van der Waals surface area (Å²) in [5.74, 6) is -0.576. The quantitative estimate of drug-likeness (QED) is 0.894. The number of carboxylic acid groups (broad SMARTS) is 1. The second kappa shape index (κ2) is 8.04. The first-order chi connectivity index (χ1) is 12.5. The highest BCUT2D eigenvalue weighted by molar-refractivity contribution is 5.81. The van der Waals surface area contributed by atoms with Gasteiger partial charge in [-0.05, 0) is 43.0 Å². The Hall–Kier alpha value is -2.82. The molecule has 2 aromatic carbocycles. The van der Waals surface area contributed by atoms with Crippen LogP contribution in [0, 0.1) is 5.92 Å². The van der Waals surface area contributed by atoms with E-state index >= 15 is 0 Å². The zero-order valence-electron chi connectivity index (χ0n) is 14.8. The second-order valence-corrected chi connectivity index (χ2v) is 6.59. The first-order valence-electron chi connectivity index (χ1n) is 8.88. The van der Waals surface area contributed by atoms with E-state index in [9.17, 15) is 9.59 Å². The van der Waals surface area contributed by atoms with Crippen molar-refractivity contribution in [2.45, 2.75) is 25.9 Å². The Bertz CT molecular complexity index is 749. The molecule has 136 valence electrons. The number of amides is 1. The van der Waals surface area contributed by atoms with Gasteiger partial charge in [0.05, 0.1) is 5.92 Å². The smallest absolute Gasteiger partial charge is 0.306 e. The van der Waals surface area contributed by atoms with Crippen LogP contribution in [0.25, 0.3) is 11.1 Å². The average molecular weight is 353 g/mol. The van der Waals surface area contributed by atoms with Gasteiger partial charge < -0.3 is 14.7 Å². The van der Waals surface area contributed by atoms with Crippen LogP contribution >= 0.6 is 0 Å². The van der Waals surface area contributed by atoms with Crippen LogP contribution in [0.4, 0.5) is 0 Å². The minimum atomic E-state index is -0.778. The van der Waals surface area contributed by atoms with Crippen molar-refractivity contribution in [1.29, 1.82) is 0 Å². The minimum Gasteiger partial charge on any atom is -0.481 e. The summed E-state index contributed by atoms with van der Waals surface area (Å²) in [5.41, 5.74) is 2.22. The largest absolute Gasteiger partial charge is 0.481 e. The molecular weight excluding hydrogens is 330 g/mol. The van der Waals surface area contributed by atoms with Crippen LogP contribution in [0.3, 0.4) is 0 Å². The van der Waals surface area contributed by atoms with E-state index in [4.69, 9.17) is 9.84 Å². The molecule has 3 rings (SSSR count). The molecule has 1 atom stereocenters. The second-order valence-electron chi connectivity index (χ2n) is 6.59. The van der Waals surface area contributed by atoms with Gasteiger partial charge in [-0.2, -0.15) is 0 Å². The van der Waals surface area contributed by atoms with Crippen LogP contribution < -0.4 is 4.74 Å². The van der Waals surface area contributed by atoms with E-state index in [1.807, 2.05) is 54.6 Å². The fourth-order valence-corrected chi connectivity index (χ4v) is 3.22. The molecule has 0 saturated carbocycles. The molecule has 1 unspecified atom stereocenters. The van der Waals surface area contributed by atoms with Gasteiger partial charge in [0.25, 0.3) is 5.91 Å². The summed E-state index contributed by atoms with van der Waals surface area (Å²) in [4.78, 5) is 25.2. The third kappa shape index (κ3) is 4.23. The van der Waals surface area contributed by atoms with E-state index in [-0.39, 0.29) is 11.8 Å². The number of nitrogens with zero attached hydrogens (tertiary/aromatic N) is 1. The van der Waals surface area contributed by atoms with Gasteiger partial charge in [-0.15, -0.1) is 0 Å². The number of rotatable bonds is 5. The van der Waals surface area contributed by atoms with Gasteiger partial charge in [-0.3, -0.25) is 9.59 Å². The van der Waals surface area contributed by atoms with Crippen LogP contribution in [0.1, 0.15) is 19.8 Å². The summed E-state index contributed by atoms with van der Waals surface area (Å²) in [6.07, 6.45) is 0.401. The molecule has 2 aromatic rings. The van der Waals surface area contributed by atoms with Gasteiger partial charge in [0.15, 0.2) is 6.10 Å². The van der Waals surface area contributed by atoms with Crippen molar-refractivity contribution in [3.63, 3.8) is 0 Å². The van der Waals surface area contributed by atoms with Crippen LogP contribution in [0.15, 0.2) is 54.6 Å². The molecule has 1 N–H and O–H groups in total. The van der Waals surface area contributed by atoms with E-state index in [1.165, 1.54) is 0 Å². The van der Waals surface area contributed by atoms with Gasteiger partial charge in [-0.25, -0.2) is 0 Å². The van der Waals surface area contributed by atoms with Crippen molar-refractivity contribution >= 4 is 11.9 Å². The maximum absolute atomic E-state index is 12.5. The highest BCUT2D eigenvalue weighted by Gasteiger charge is 2.29. The molecule has 0 spiro atoms. The molecule has 5 nitrogen and oxygen atoms in total. The normalized spacial score (nSPS) is 16.1. The molecular formula is C21H23NO4. The molecule has 1 amide bonds. The number of aliphatic carboxylic acids is 1. The predicted octanol–water partition coefficient (Wildman–Crippen LogP) is 3.44. The topological polar surface area (TPSA) is 66.8 Å². The zero-order chi connectivity index (χ0) is 18.5. The summed E-state index contributed by atoms with van der Waals surface area (Å²) < 4.78 is 5.79. The summed E-state index contributed by atoms with van der Waals surface area (Å²) in [5, 5.41) is 9.04. The lowest BCUT2D eigenvalue weighted by Gasteiger charge is -2.32. The highest BCUT2D eigenvalue weighted by Crippen LogP contribution is 2.23. The Morgan fingerprint density at radius 2 is 1.58 bits per heavy atom. The molecule has 1 aliphatic heterocycles. The lowest BCUT2D eigenvalue weighted by molar-refractivity contribution is -0.147. The van der Waals surface area contributed by atoms with Crippen molar-refractivity contribution < 1.29 is 19.4 Å². The van der Waals surface area contributed by atoms with Crippen molar-refractivity contribution in [1.82, 2.24) is 4.90 Å². The summed E-state index contributed by atoms with van der Waals surface area (Å²) in [7, 11) is 0. The maximum Gasteiger partial charge on any atom is 0.306 e. The number of piperidine rings is 1. The number of likely N-dealkylation sites (tertiary alicyclic amines) is 1. The minimum absolute atomic E-state index is 0.0963. The third-order valence-electron chi connectivity index (χ3n) is 4.78. The van der Waals surface area contributed by atoms with Crippen LogP contribution in [0.2, 0.25) is 0 Å². The van der Waals surface area contributed by atoms with Gasteiger partial charge in [0, 0.05) is 13.1 Å². The molecule has 5 heteroatoms. The van der Waals surface area contributed by atoms with Gasteiger partial charge in [-0.1, -0.05) is 42.5 Å². The van der Waals surface area contributed by atoms with Crippen LogP contribution in [-0.2, 0) is 9.59 Å². The van der Waals surface area contributed by atoms with E-state index in [0.29, 0.717) is 31.7 Å². The monoisotopic (exact) mass is 353 g/mol. The van der Waals surface area contributed by atoms with Gasteiger partial charge >= 0.3 is 5.97 Å². The summed E-state index contributed by atoms with van der Waals surface area (Å²) >= 11 is 0. The predicted molar refractivity (Wildman–Crippen MR) is 98.9 cm³/mol. The molecule has 1 heterocycles. The number of hydrogen-bond donors (Lipinski definition) is 1. The molecule has 0 radical (unpaired) electrons. The van der Waals surface area contributed by atoms with Crippen LogP contribution in [0.5, 0.6) is 5.75 Å². The lowest BCUT2D eigenvalue weighted by atomic mass is 9.97. The molecule has 0 aromatic heterocycles. The fraction of sp³-hybridized carbons (Fsp3) is 0.333. The molecule has 1 fully saturated rings. The van der Waals surface area contributed by atoms with E-state index < -0.39 is 12.1 Å². The third-order valence-corrected chi connectivity index (χ3v) is 4.78. The molecule has 0 bridgehead atoms. The van der Waals surface area contributed by atoms with Crippen molar-refractivity contribution in [3.8, 4) is 16.9 Å². The Morgan fingerprint density at radius 3 is 2.15 bits per heavy atom. The maximum atomic E-state index is 12.5. The average Bonchev–Trinajstić information content (AvgIpc) is 2.68. The number of hydrogen-bond acceptors (Lipinski definition) is 3. The zero-order valence-corrected chi connectivity index (χ0v) is 14.8. The Kier molecular flexibility index (Phi) is 5.56. The SMILES string of the molecule is CC(Oc1ccc(-c2ccccc2)cc1)C(=O)N1CCC(C(=O)O)CC1. The van der Waals surface area contributed by atoms with E-state index in [1.54, 1.807) is 11.8 Å². The van der Waals surface area contributed by atoms with E-state index in [0.717, 1.165) is 11.1 Å². The Morgan fingerprint density at radius 1 is 1.00 bits per heavy atom. The summed E-state index contributed by atoms with van der Waals surface area (Å²) in [6, 6.07) is 17.7. The Balaban J connectivity index is 1.57. The molecule has 1 saturated heterocycles. The van der Waals surface area contributed by atoms with E-state index in [2.05, 4.69) is 0 Å². The van der Waals surface area contributed by atoms with Crippen LogP contribution in [-0.4, -0.2) is 41.1 Å². The lowest BCUT2D eigenvalue weighted by Crippen LogP contribution is -2.45. The standard InChI is InChI=1S/C21H23NO4/c1-15(20(23)22-13-11-18(12-14-22)21(24)25)26-19-9-7-17(8-10-19)16-5-3-2-4-6-16/h2-10,15,18H,11-14H2,1H3,(H,24,25). The number of carboxylic acids is 1. The number of carbonyl (C=O) groups is 2. The Labute approximate surface area is 153 Å². The fourth-order valence-electron chi connectivity index (χ4n) is 3.22. The number of benzene rings is 2. The van der Waals surface area contributed by atoms with Crippen molar-refractivity contribution in [2.24, 2.45) is 5.92 Å². The molecule has 0 aliphatic carbocycles. The highest BCUT2D eigenvalue weighted by atomic mass is 16.5. The number of ether oxygens (including phenoxy) is 1. The molecule has 26 heavy (non-hydrogen) atoms. The van der Waals surface area contributed by atoms with Gasteiger partial charge in [0.1, 0.15) is 5.75 Å².